The van der Waals surface area contributed by atoms with Gasteiger partial charge in [-0.05, 0) is 35.9 Å². The summed E-state index contributed by atoms with van der Waals surface area (Å²) < 4.78 is 5.74. The van der Waals surface area contributed by atoms with Crippen molar-refractivity contribution in [2.45, 2.75) is 6.61 Å². The second-order valence-corrected chi connectivity index (χ2v) is 5.17. The number of carbonyl (C=O) groups excluding carboxylic acids is 1. The molecule has 0 bridgehead atoms. The summed E-state index contributed by atoms with van der Waals surface area (Å²) in [5.74, 6) is 0.150. The Morgan fingerprint density at radius 2 is 1.84 bits per heavy atom. The first-order valence-electron chi connectivity index (χ1n) is 7.58. The zero-order valence-electron chi connectivity index (χ0n) is 13.2. The Kier molecular flexibility index (Phi) is 5.04. The second-order valence-electron chi connectivity index (χ2n) is 5.17. The van der Waals surface area contributed by atoms with Gasteiger partial charge in [0.05, 0.1) is 5.69 Å². The van der Waals surface area contributed by atoms with Crippen molar-refractivity contribution in [1.82, 2.24) is 9.97 Å². The van der Waals surface area contributed by atoms with Crippen LogP contribution in [-0.2, 0) is 6.61 Å². The van der Waals surface area contributed by atoms with Gasteiger partial charge in [0.2, 0.25) is 5.82 Å². The topological polar surface area (TPSA) is 88.5 Å². The number of rotatable bonds is 6. The van der Waals surface area contributed by atoms with Crippen molar-refractivity contribution in [3.63, 3.8) is 0 Å². The molecule has 0 radical (unpaired) electrons. The van der Waals surface area contributed by atoms with Crippen molar-refractivity contribution in [2.24, 2.45) is 0 Å². The number of carbonyl (C=O) groups is 1. The molecule has 122 valence electrons. The quantitative estimate of drug-likeness (QED) is 0.300. The molecule has 3 aromatic rings. The number of hydrogen-bond acceptors (Lipinski definition) is 4. The van der Waals surface area contributed by atoms with Crippen molar-refractivity contribution in [3.8, 4) is 17.0 Å². The normalized spacial score (nSPS) is 9.92. The standard InChI is InChI=1S/C19H14N4O2/c20-22-12-18(24)19-21-11-10-17(23-19)15-6-8-16(9-7-15)25-13-14-4-2-1-3-5-14/h1-12H,13H2. The number of nitrogens with zero attached hydrogens (tertiary/aromatic N) is 4. The van der Waals surface area contributed by atoms with Gasteiger partial charge in [-0.1, -0.05) is 30.3 Å². The van der Waals surface area contributed by atoms with Gasteiger partial charge in [-0.25, -0.2) is 9.97 Å². The summed E-state index contributed by atoms with van der Waals surface area (Å²) in [6.07, 6.45) is 2.25. The molecule has 2 aromatic carbocycles. The number of ketones is 1. The lowest BCUT2D eigenvalue weighted by atomic mass is 10.1. The molecule has 1 heterocycles. The molecule has 6 nitrogen and oxygen atoms in total. The van der Waals surface area contributed by atoms with E-state index in [-0.39, 0.29) is 5.82 Å². The lowest BCUT2D eigenvalue weighted by Crippen LogP contribution is -2.07. The molecule has 0 aliphatic carbocycles. The average Bonchev–Trinajstić information content (AvgIpc) is 2.68. The molecule has 0 saturated carbocycles. The Morgan fingerprint density at radius 1 is 1.08 bits per heavy atom. The van der Waals surface area contributed by atoms with Crippen LogP contribution in [0.1, 0.15) is 16.2 Å². The molecule has 0 aliphatic rings. The highest BCUT2D eigenvalue weighted by Crippen LogP contribution is 2.21. The maximum absolute atomic E-state index is 11.6. The second kappa shape index (κ2) is 7.77. The van der Waals surface area contributed by atoms with Crippen LogP contribution in [0, 0.1) is 0 Å². The molecule has 0 fully saturated rings. The van der Waals surface area contributed by atoms with Crippen LogP contribution in [0.5, 0.6) is 5.75 Å². The average molecular weight is 330 g/mol. The molecule has 0 aliphatic heterocycles. The fraction of sp³-hybridized carbons (Fsp3) is 0.0526. The largest absolute Gasteiger partial charge is 0.489 e. The number of aromatic nitrogens is 2. The summed E-state index contributed by atoms with van der Waals surface area (Å²) >= 11 is 0. The predicted molar refractivity (Wildman–Crippen MR) is 92.3 cm³/mol. The minimum atomic E-state index is -0.563. The summed E-state index contributed by atoms with van der Waals surface area (Å²) in [4.78, 5) is 22.4. The van der Waals surface area contributed by atoms with Gasteiger partial charge >= 0.3 is 12.0 Å². The molecule has 25 heavy (non-hydrogen) atoms. The maximum atomic E-state index is 11.6. The van der Waals surface area contributed by atoms with Crippen LogP contribution in [0.3, 0.4) is 0 Å². The molecule has 0 N–H and O–H groups in total. The minimum Gasteiger partial charge on any atom is -0.489 e. The highest BCUT2D eigenvalue weighted by molar-refractivity contribution is 6.32. The first-order valence-corrected chi connectivity index (χ1v) is 7.58. The lowest BCUT2D eigenvalue weighted by Gasteiger charge is -2.07. The molecule has 3 rings (SSSR count). The van der Waals surface area contributed by atoms with Crippen LogP contribution in [0.15, 0.2) is 66.9 Å². The van der Waals surface area contributed by atoms with E-state index in [1.807, 2.05) is 54.6 Å². The van der Waals surface area contributed by atoms with Crippen molar-refractivity contribution >= 4 is 12.0 Å². The van der Waals surface area contributed by atoms with E-state index < -0.39 is 5.78 Å². The molecule has 0 atom stereocenters. The summed E-state index contributed by atoms with van der Waals surface area (Å²) in [6, 6.07) is 19.0. The zero-order valence-corrected chi connectivity index (χ0v) is 13.2. The third-order valence-electron chi connectivity index (χ3n) is 3.45. The van der Waals surface area contributed by atoms with Gasteiger partial charge in [0.1, 0.15) is 12.4 Å². The van der Waals surface area contributed by atoms with Gasteiger partial charge in [0.25, 0.3) is 0 Å². The Morgan fingerprint density at radius 3 is 2.56 bits per heavy atom. The van der Waals surface area contributed by atoms with Crippen LogP contribution in [0.2, 0.25) is 0 Å². The molecule has 1 aromatic heterocycles. The van der Waals surface area contributed by atoms with Gasteiger partial charge in [-0.2, -0.15) is 4.79 Å². The fourth-order valence-corrected chi connectivity index (χ4v) is 2.21. The van der Waals surface area contributed by atoms with Crippen LogP contribution in [0.25, 0.3) is 16.8 Å². The minimum absolute atomic E-state index is 0.0281. The number of ether oxygens (including phenoxy) is 1. The molecule has 0 spiro atoms. The van der Waals surface area contributed by atoms with Crippen LogP contribution in [0.4, 0.5) is 0 Å². The van der Waals surface area contributed by atoms with Crippen molar-refractivity contribution in [2.75, 3.05) is 0 Å². The molecular formula is C19H14N4O2. The first-order chi connectivity index (χ1) is 12.3. The van der Waals surface area contributed by atoms with E-state index in [0.29, 0.717) is 12.3 Å². The number of hydrogen-bond donors (Lipinski definition) is 0. The third kappa shape index (κ3) is 4.22. The molecule has 0 unspecified atom stereocenters. The van der Waals surface area contributed by atoms with E-state index >= 15 is 0 Å². The van der Waals surface area contributed by atoms with E-state index in [9.17, 15) is 4.79 Å². The van der Waals surface area contributed by atoms with Gasteiger partial charge < -0.3 is 10.3 Å². The van der Waals surface area contributed by atoms with Crippen LogP contribution in [-0.4, -0.2) is 26.8 Å². The Hall–Kier alpha value is -3.63. The molecule has 6 heteroatoms. The van der Waals surface area contributed by atoms with E-state index in [4.69, 9.17) is 10.3 Å². The fourth-order valence-electron chi connectivity index (χ4n) is 2.21. The maximum Gasteiger partial charge on any atom is 0.331 e. The molecule has 0 saturated heterocycles. The summed E-state index contributed by atoms with van der Waals surface area (Å²) in [5.41, 5.74) is 10.9. The highest BCUT2D eigenvalue weighted by atomic mass is 16.5. The number of Topliss-reactive ketones (excluding diaryl/α,β-unsaturated/α-hetero) is 1. The Labute approximate surface area is 144 Å². The van der Waals surface area contributed by atoms with E-state index in [1.165, 1.54) is 6.20 Å². The van der Waals surface area contributed by atoms with Crippen molar-refractivity contribution in [3.05, 3.63) is 83.8 Å². The van der Waals surface area contributed by atoms with Crippen LogP contribution < -0.4 is 4.74 Å². The smallest absolute Gasteiger partial charge is 0.331 e. The van der Waals surface area contributed by atoms with E-state index in [2.05, 4.69) is 14.8 Å². The van der Waals surface area contributed by atoms with Gasteiger partial charge in [0, 0.05) is 11.8 Å². The number of benzene rings is 2. The zero-order chi connectivity index (χ0) is 17.5. The summed E-state index contributed by atoms with van der Waals surface area (Å²) in [5, 5.41) is 0. The van der Waals surface area contributed by atoms with Gasteiger partial charge in [0.15, 0.2) is 0 Å². The van der Waals surface area contributed by atoms with Gasteiger partial charge in [-0.15, -0.1) is 0 Å². The monoisotopic (exact) mass is 330 g/mol. The van der Waals surface area contributed by atoms with E-state index in [0.717, 1.165) is 23.1 Å². The van der Waals surface area contributed by atoms with Crippen molar-refractivity contribution < 1.29 is 14.3 Å². The van der Waals surface area contributed by atoms with Gasteiger partial charge in [-0.3, -0.25) is 4.79 Å². The first kappa shape index (κ1) is 16.2. The SMILES string of the molecule is [N-]=[N+]=CC(=O)c1nccc(-c2ccc(OCc3ccccc3)cc2)n1. The molecular weight excluding hydrogens is 316 g/mol. The van der Waals surface area contributed by atoms with Crippen LogP contribution >= 0.6 is 0 Å². The summed E-state index contributed by atoms with van der Waals surface area (Å²) in [6.45, 7) is 0.493. The van der Waals surface area contributed by atoms with E-state index in [1.54, 1.807) is 6.07 Å². The third-order valence-corrected chi connectivity index (χ3v) is 3.45. The lowest BCUT2D eigenvalue weighted by molar-refractivity contribution is 0.00224. The Bertz CT molecular complexity index is 918. The summed E-state index contributed by atoms with van der Waals surface area (Å²) in [7, 11) is 0. The highest BCUT2D eigenvalue weighted by Gasteiger charge is 2.12. The Balaban J connectivity index is 1.73. The van der Waals surface area contributed by atoms with Crippen molar-refractivity contribution in [1.29, 1.82) is 0 Å². The molecule has 0 amide bonds. The predicted octanol–water partition coefficient (Wildman–Crippen LogP) is 3.21.